The van der Waals surface area contributed by atoms with Crippen molar-refractivity contribution in [2.45, 2.75) is 33.0 Å². The summed E-state index contributed by atoms with van der Waals surface area (Å²) in [5, 5.41) is 0. The second-order valence-corrected chi connectivity index (χ2v) is 3.57. The molecule has 0 aromatic rings. The summed E-state index contributed by atoms with van der Waals surface area (Å²) in [6.45, 7) is 9.06. The third kappa shape index (κ3) is 6.92. The topological polar surface area (TPSA) is 65.0 Å². The third-order valence-electron chi connectivity index (χ3n) is 1.69. The van der Waals surface area contributed by atoms with Crippen LogP contribution in [0.15, 0.2) is 17.1 Å². The monoisotopic (exact) mass is 227 g/mol. The molecule has 0 aromatic heterocycles. The van der Waals surface area contributed by atoms with Crippen molar-refractivity contribution in [3.8, 4) is 0 Å². The lowest BCUT2D eigenvalue weighted by Gasteiger charge is -2.16. The first-order valence-corrected chi connectivity index (χ1v) is 4.99. The van der Waals surface area contributed by atoms with Gasteiger partial charge in [-0.3, -0.25) is 0 Å². The summed E-state index contributed by atoms with van der Waals surface area (Å²) in [7, 11) is 0. The first kappa shape index (κ1) is 14.6. The van der Waals surface area contributed by atoms with Crippen LogP contribution >= 0.6 is 0 Å². The fourth-order valence-corrected chi connectivity index (χ4v) is 0.836. The normalized spacial score (nSPS) is 13.4. The number of aliphatic imine (C=N–C) groups is 1. The molecule has 5 nitrogen and oxygen atoms in total. The lowest BCUT2D eigenvalue weighted by atomic mass is 10.3. The maximum atomic E-state index is 11.1. The first-order valence-electron chi connectivity index (χ1n) is 4.99. The van der Waals surface area contributed by atoms with Crippen molar-refractivity contribution >= 4 is 12.0 Å². The van der Waals surface area contributed by atoms with Gasteiger partial charge in [0.25, 0.3) is 0 Å². The Kier molecular flexibility index (Phi) is 7.09. The lowest BCUT2D eigenvalue weighted by molar-refractivity contribution is -0.147. The van der Waals surface area contributed by atoms with E-state index in [1.807, 2.05) is 0 Å². The summed E-state index contributed by atoms with van der Waals surface area (Å²) < 4.78 is 10.3. The second-order valence-electron chi connectivity index (χ2n) is 3.57. The van der Waals surface area contributed by atoms with Gasteiger partial charge in [-0.15, -0.1) is 0 Å². The van der Waals surface area contributed by atoms with Crippen molar-refractivity contribution in [2.75, 3.05) is 13.2 Å². The second kappa shape index (κ2) is 7.79. The van der Waals surface area contributed by atoms with Gasteiger partial charge in [-0.2, -0.15) is 0 Å². The Labute approximate surface area is 95.1 Å². The van der Waals surface area contributed by atoms with Gasteiger partial charge >= 0.3 is 5.97 Å². The van der Waals surface area contributed by atoms with E-state index in [0.29, 0.717) is 5.57 Å². The van der Waals surface area contributed by atoms with Crippen LogP contribution in [0.3, 0.4) is 0 Å². The molecule has 0 saturated heterocycles. The Bertz CT molecular complexity index is 294. The molecule has 0 saturated carbocycles. The molecule has 0 bridgehead atoms. The number of rotatable bonds is 7. The molecule has 0 heterocycles. The van der Waals surface area contributed by atoms with Crippen molar-refractivity contribution in [1.82, 2.24) is 0 Å². The highest BCUT2D eigenvalue weighted by Gasteiger charge is 2.11. The van der Waals surface area contributed by atoms with Gasteiger partial charge in [-0.05, 0) is 20.8 Å². The highest BCUT2D eigenvalue weighted by Crippen LogP contribution is 2.01. The van der Waals surface area contributed by atoms with Gasteiger partial charge in [0.1, 0.15) is 6.10 Å². The molecule has 0 spiro atoms. The van der Waals surface area contributed by atoms with Crippen LogP contribution in [-0.4, -0.2) is 37.4 Å². The maximum Gasteiger partial charge on any atom is 0.333 e. The quantitative estimate of drug-likeness (QED) is 0.284. The summed E-state index contributed by atoms with van der Waals surface area (Å²) in [6.07, 6.45) is 0.875. The zero-order valence-electron chi connectivity index (χ0n) is 9.86. The predicted octanol–water partition coefficient (Wildman–Crippen LogP) is 1.24. The minimum atomic E-state index is -0.435. The van der Waals surface area contributed by atoms with Crippen LogP contribution in [0, 0.1) is 0 Å². The van der Waals surface area contributed by atoms with Crippen molar-refractivity contribution in [3.05, 3.63) is 12.2 Å². The van der Waals surface area contributed by atoms with E-state index in [2.05, 4.69) is 11.6 Å². The Morgan fingerprint density at radius 1 is 1.44 bits per heavy atom. The fourth-order valence-electron chi connectivity index (χ4n) is 0.836. The van der Waals surface area contributed by atoms with Gasteiger partial charge in [0.15, 0.2) is 0 Å². The van der Waals surface area contributed by atoms with Crippen molar-refractivity contribution in [3.63, 3.8) is 0 Å². The van der Waals surface area contributed by atoms with E-state index >= 15 is 0 Å². The molecule has 0 fully saturated rings. The van der Waals surface area contributed by atoms with Crippen molar-refractivity contribution < 1.29 is 19.1 Å². The highest BCUT2D eigenvalue weighted by atomic mass is 16.6. The van der Waals surface area contributed by atoms with E-state index in [-0.39, 0.29) is 25.4 Å². The maximum absolute atomic E-state index is 11.1. The molecule has 0 aromatic carbocycles. The lowest BCUT2D eigenvalue weighted by Crippen LogP contribution is -2.24. The van der Waals surface area contributed by atoms with Gasteiger partial charge in [0.05, 0.1) is 19.3 Å². The Morgan fingerprint density at radius 3 is 2.56 bits per heavy atom. The highest BCUT2D eigenvalue weighted by molar-refractivity contribution is 5.87. The molecule has 0 aliphatic carbocycles. The van der Waals surface area contributed by atoms with E-state index in [1.165, 1.54) is 6.08 Å². The van der Waals surface area contributed by atoms with Crippen molar-refractivity contribution in [1.29, 1.82) is 0 Å². The number of hydrogen-bond donors (Lipinski definition) is 0. The van der Waals surface area contributed by atoms with Crippen LogP contribution in [-0.2, 0) is 19.1 Å². The van der Waals surface area contributed by atoms with Crippen LogP contribution in [0.1, 0.15) is 20.8 Å². The molecule has 0 N–H and O–H groups in total. The molecule has 0 radical (unpaired) electrons. The van der Waals surface area contributed by atoms with Crippen molar-refractivity contribution in [2.24, 2.45) is 4.99 Å². The van der Waals surface area contributed by atoms with Gasteiger partial charge in [-0.25, -0.2) is 14.6 Å². The number of isocyanates is 1. The molecule has 0 aliphatic heterocycles. The number of carbonyl (C=O) groups excluding carboxylic acids is 2. The molecule has 90 valence electrons. The van der Waals surface area contributed by atoms with Crippen LogP contribution in [0.4, 0.5) is 0 Å². The molecule has 0 rings (SSSR count). The summed E-state index contributed by atoms with van der Waals surface area (Å²) in [6, 6.07) is 0. The minimum Gasteiger partial charge on any atom is -0.457 e. The van der Waals surface area contributed by atoms with Crippen LogP contribution < -0.4 is 0 Å². The first-order chi connectivity index (χ1) is 7.47. The molecule has 16 heavy (non-hydrogen) atoms. The van der Waals surface area contributed by atoms with Crippen LogP contribution in [0.25, 0.3) is 0 Å². The molecule has 0 amide bonds. The third-order valence-corrected chi connectivity index (χ3v) is 1.69. The van der Waals surface area contributed by atoms with E-state index < -0.39 is 5.97 Å². The van der Waals surface area contributed by atoms with Gasteiger partial charge < -0.3 is 9.47 Å². The van der Waals surface area contributed by atoms with Crippen LogP contribution in [0.5, 0.6) is 0 Å². The van der Waals surface area contributed by atoms with Gasteiger partial charge in [0.2, 0.25) is 6.08 Å². The molecule has 2 unspecified atom stereocenters. The average Bonchev–Trinajstić information content (AvgIpc) is 2.23. The zero-order chi connectivity index (χ0) is 12.6. The van der Waals surface area contributed by atoms with Gasteiger partial charge in [-0.1, -0.05) is 6.58 Å². The number of carbonyl (C=O) groups is 1. The summed E-state index contributed by atoms with van der Waals surface area (Å²) >= 11 is 0. The van der Waals surface area contributed by atoms with E-state index in [1.54, 1.807) is 20.8 Å². The largest absolute Gasteiger partial charge is 0.457 e. The molecule has 2 atom stereocenters. The smallest absolute Gasteiger partial charge is 0.333 e. The SMILES string of the molecule is C=C(C)C(=O)OC(C)COC(C)CN=C=O. The number of hydrogen-bond acceptors (Lipinski definition) is 5. The van der Waals surface area contributed by atoms with E-state index in [9.17, 15) is 9.59 Å². The number of nitrogens with zero attached hydrogens (tertiary/aromatic N) is 1. The van der Waals surface area contributed by atoms with Crippen LogP contribution in [0.2, 0.25) is 0 Å². The Balaban J connectivity index is 3.80. The minimum absolute atomic E-state index is 0.201. The summed E-state index contributed by atoms with van der Waals surface area (Å²) in [5.74, 6) is -0.435. The number of esters is 1. The standard InChI is InChI=1S/C11H17NO4/c1-8(2)11(14)16-10(4)6-15-9(3)5-12-7-13/h9-10H,1,5-6H2,2-4H3. The molecular formula is C11H17NO4. The molecule has 0 aliphatic rings. The zero-order valence-corrected chi connectivity index (χ0v) is 9.86. The predicted molar refractivity (Wildman–Crippen MR) is 58.8 cm³/mol. The Hall–Kier alpha value is -1.45. The molecule has 5 heteroatoms. The number of ether oxygens (including phenoxy) is 2. The van der Waals surface area contributed by atoms with E-state index in [0.717, 1.165) is 0 Å². The summed E-state index contributed by atoms with van der Waals surface area (Å²) in [5.41, 5.74) is 0.352. The van der Waals surface area contributed by atoms with E-state index in [4.69, 9.17) is 9.47 Å². The molecular weight excluding hydrogens is 210 g/mol. The average molecular weight is 227 g/mol. The van der Waals surface area contributed by atoms with Gasteiger partial charge in [0, 0.05) is 5.57 Å². The summed E-state index contributed by atoms with van der Waals surface area (Å²) in [4.78, 5) is 24.4. The fraction of sp³-hybridized carbons (Fsp3) is 0.636. The Morgan fingerprint density at radius 2 is 2.06 bits per heavy atom.